The Morgan fingerprint density at radius 1 is 1.12 bits per heavy atom. The minimum absolute atomic E-state index is 0.251. The van der Waals surface area contributed by atoms with Gasteiger partial charge in [0.05, 0.1) is 18.6 Å². The summed E-state index contributed by atoms with van der Waals surface area (Å²) in [4.78, 5) is 26.1. The van der Waals surface area contributed by atoms with Crippen molar-refractivity contribution < 1.29 is 19.1 Å². The Hall–Kier alpha value is -3.36. The van der Waals surface area contributed by atoms with Crippen LogP contribution in [0, 0.1) is 0 Å². The summed E-state index contributed by atoms with van der Waals surface area (Å²) < 4.78 is 11.2. The number of amides is 2. The zero-order valence-corrected chi connectivity index (χ0v) is 19.1. The first-order valence-corrected chi connectivity index (χ1v) is 11.1. The van der Waals surface area contributed by atoms with E-state index in [1.807, 2.05) is 43.3 Å². The number of hydrogen-bond acceptors (Lipinski definition) is 6. The molecule has 1 aliphatic rings. The van der Waals surface area contributed by atoms with E-state index in [1.165, 1.54) is 0 Å². The SMILES string of the molecule is CCOc1ccc2ccccc2c1/C=C1/SC(=S)N(NC(=O)c2ccc(OC)cc2)C1=O. The molecule has 0 bridgehead atoms. The summed E-state index contributed by atoms with van der Waals surface area (Å²) in [6.45, 7) is 2.41. The van der Waals surface area contributed by atoms with Gasteiger partial charge in [0.15, 0.2) is 4.32 Å². The lowest BCUT2D eigenvalue weighted by Gasteiger charge is -2.15. The van der Waals surface area contributed by atoms with Crippen molar-refractivity contribution in [2.75, 3.05) is 13.7 Å². The number of thioether (sulfide) groups is 1. The standard InChI is InChI=1S/C24H20N2O4S2/c1-3-30-20-13-10-15-6-4-5-7-18(15)19(20)14-21-23(28)26(24(31)32-21)25-22(27)16-8-11-17(29-2)12-9-16/h4-14H,3H2,1-2H3,(H,25,27)/b21-14+. The fraction of sp³-hybridized carbons (Fsp3) is 0.125. The number of methoxy groups -OCH3 is 1. The summed E-state index contributed by atoms with van der Waals surface area (Å²) in [7, 11) is 1.55. The van der Waals surface area contributed by atoms with Crippen LogP contribution in [0.4, 0.5) is 0 Å². The fourth-order valence-electron chi connectivity index (χ4n) is 3.31. The second-order valence-corrected chi connectivity index (χ2v) is 8.49. The molecule has 0 unspecified atom stereocenters. The monoisotopic (exact) mass is 464 g/mol. The average molecular weight is 465 g/mol. The second kappa shape index (κ2) is 9.42. The minimum Gasteiger partial charge on any atom is -0.497 e. The molecule has 0 aliphatic carbocycles. The molecular formula is C24H20N2O4S2. The van der Waals surface area contributed by atoms with Gasteiger partial charge in [-0.2, -0.15) is 5.01 Å². The molecular weight excluding hydrogens is 444 g/mol. The van der Waals surface area contributed by atoms with E-state index in [4.69, 9.17) is 21.7 Å². The molecule has 2 amide bonds. The van der Waals surface area contributed by atoms with Gasteiger partial charge in [0, 0.05) is 11.1 Å². The summed E-state index contributed by atoms with van der Waals surface area (Å²) in [5, 5.41) is 3.10. The normalized spacial score (nSPS) is 14.8. The van der Waals surface area contributed by atoms with Gasteiger partial charge >= 0.3 is 0 Å². The van der Waals surface area contributed by atoms with E-state index in [0.29, 0.717) is 28.6 Å². The van der Waals surface area contributed by atoms with E-state index < -0.39 is 11.8 Å². The molecule has 1 fully saturated rings. The number of rotatable bonds is 6. The zero-order chi connectivity index (χ0) is 22.7. The van der Waals surface area contributed by atoms with Gasteiger partial charge < -0.3 is 9.47 Å². The highest BCUT2D eigenvalue weighted by Crippen LogP contribution is 2.36. The number of carbonyl (C=O) groups is 2. The maximum Gasteiger partial charge on any atom is 0.285 e. The first-order chi connectivity index (χ1) is 15.5. The third-order valence-electron chi connectivity index (χ3n) is 4.87. The number of hydrogen-bond donors (Lipinski definition) is 1. The predicted molar refractivity (Wildman–Crippen MR) is 131 cm³/mol. The number of carbonyl (C=O) groups excluding carboxylic acids is 2. The van der Waals surface area contributed by atoms with Crippen molar-refractivity contribution >= 4 is 57.0 Å². The van der Waals surface area contributed by atoms with Gasteiger partial charge in [-0.15, -0.1) is 0 Å². The number of benzene rings is 3. The smallest absolute Gasteiger partial charge is 0.285 e. The Morgan fingerprint density at radius 2 is 1.88 bits per heavy atom. The Balaban J connectivity index is 1.63. The molecule has 162 valence electrons. The molecule has 6 nitrogen and oxygen atoms in total. The summed E-state index contributed by atoms with van der Waals surface area (Å²) in [6.07, 6.45) is 1.77. The van der Waals surface area contributed by atoms with Crippen LogP contribution in [0.1, 0.15) is 22.8 Å². The van der Waals surface area contributed by atoms with Crippen molar-refractivity contribution in [3.63, 3.8) is 0 Å². The van der Waals surface area contributed by atoms with Crippen LogP contribution in [0.3, 0.4) is 0 Å². The largest absolute Gasteiger partial charge is 0.497 e. The van der Waals surface area contributed by atoms with E-state index in [1.54, 1.807) is 37.5 Å². The summed E-state index contributed by atoms with van der Waals surface area (Å²) >= 11 is 6.49. The quantitative estimate of drug-likeness (QED) is 0.418. The molecule has 0 aromatic heterocycles. The molecule has 0 atom stereocenters. The van der Waals surface area contributed by atoms with E-state index >= 15 is 0 Å². The maximum atomic E-state index is 13.1. The van der Waals surface area contributed by atoms with Crippen LogP contribution >= 0.6 is 24.0 Å². The fourth-order valence-corrected chi connectivity index (χ4v) is 4.47. The van der Waals surface area contributed by atoms with Crippen LogP contribution in [0.2, 0.25) is 0 Å². The first kappa shape index (κ1) is 21.9. The highest BCUT2D eigenvalue weighted by Gasteiger charge is 2.34. The molecule has 4 rings (SSSR count). The highest BCUT2D eigenvalue weighted by molar-refractivity contribution is 8.26. The van der Waals surface area contributed by atoms with Crippen molar-refractivity contribution in [2.24, 2.45) is 0 Å². The van der Waals surface area contributed by atoms with Gasteiger partial charge in [-0.25, -0.2) is 0 Å². The van der Waals surface area contributed by atoms with Crippen LogP contribution in [0.15, 0.2) is 65.6 Å². The lowest BCUT2D eigenvalue weighted by molar-refractivity contribution is -0.123. The molecule has 3 aromatic carbocycles. The van der Waals surface area contributed by atoms with Gasteiger partial charge in [0.2, 0.25) is 0 Å². The molecule has 1 N–H and O–H groups in total. The number of nitrogens with zero attached hydrogens (tertiary/aromatic N) is 1. The van der Waals surface area contributed by atoms with Crippen LogP contribution < -0.4 is 14.9 Å². The molecule has 3 aromatic rings. The highest BCUT2D eigenvalue weighted by atomic mass is 32.2. The number of fused-ring (bicyclic) bond motifs is 1. The summed E-state index contributed by atoms with van der Waals surface area (Å²) in [6, 6.07) is 18.3. The van der Waals surface area contributed by atoms with Gasteiger partial charge in [0.1, 0.15) is 11.5 Å². The lowest BCUT2D eigenvalue weighted by Crippen LogP contribution is -2.44. The molecule has 0 spiro atoms. The van der Waals surface area contributed by atoms with Gasteiger partial charge in [-0.3, -0.25) is 15.0 Å². The molecule has 1 saturated heterocycles. The van der Waals surface area contributed by atoms with Gasteiger partial charge in [-0.05, 0) is 66.3 Å². The molecule has 32 heavy (non-hydrogen) atoms. The lowest BCUT2D eigenvalue weighted by atomic mass is 10.0. The first-order valence-electron chi connectivity index (χ1n) is 9.89. The van der Waals surface area contributed by atoms with Crippen molar-refractivity contribution in [3.05, 3.63) is 76.7 Å². The van der Waals surface area contributed by atoms with Gasteiger partial charge in [-0.1, -0.05) is 42.1 Å². The van der Waals surface area contributed by atoms with Crippen molar-refractivity contribution in [2.45, 2.75) is 6.92 Å². The average Bonchev–Trinajstić information content (AvgIpc) is 3.08. The minimum atomic E-state index is -0.439. The van der Waals surface area contributed by atoms with Crippen LogP contribution in [-0.2, 0) is 4.79 Å². The van der Waals surface area contributed by atoms with Crippen LogP contribution in [-0.4, -0.2) is 34.9 Å². The Bertz CT molecular complexity index is 1240. The summed E-state index contributed by atoms with van der Waals surface area (Å²) in [5.41, 5.74) is 3.78. The van der Waals surface area contributed by atoms with Crippen molar-refractivity contribution in [3.8, 4) is 11.5 Å². The molecule has 0 radical (unpaired) electrons. The Morgan fingerprint density at radius 3 is 2.59 bits per heavy atom. The molecule has 1 heterocycles. The number of ether oxygens (including phenoxy) is 2. The van der Waals surface area contributed by atoms with E-state index in [9.17, 15) is 9.59 Å². The molecule has 1 aliphatic heterocycles. The van der Waals surface area contributed by atoms with Crippen LogP contribution in [0.25, 0.3) is 16.8 Å². The molecule has 8 heteroatoms. The Labute approximate surface area is 195 Å². The van der Waals surface area contributed by atoms with Gasteiger partial charge in [0.25, 0.3) is 11.8 Å². The van der Waals surface area contributed by atoms with E-state index in [2.05, 4.69) is 5.43 Å². The number of nitrogens with one attached hydrogen (secondary N) is 1. The maximum absolute atomic E-state index is 13.1. The van der Waals surface area contributed by atoms with E-state index in [-0.39, 0.29) is 4.32 Å². The third-order valence-corrected chi connectivity index (χ3v) is 6.17. The zero-order valence-electron chi connectivity index (χ0n) is 17.5. The second-order valence-electron chi connectivity index (χ2n) is 6.82. The van der Waals surface area contributed by atoms with E-state index in [0.717, 1.165) is 33.1 Å². The third kappa shape index (κ3) is 4.32. The number of hydrazine groups is 1. The number of thiocarbonyl (C=S) groups is 1. The topological polar surface area (TPSA) is 67.9 Å². The Kier molecular flexibility index (Phi) is 6.43. The molecule has 0 saturated carbocycles. The van der Waals surface area contributed by atoms with Crippen LogP contribution in [0.5, 0.6) is 11.5 Å². The van der Waals surface area contributed by atoms with Crippen molar-refractivity contribution in [1.29, 1.82) is 0 Å². The van der Waals surface area contributed by atoms with Crippen molar-refractivity contribution in [1.82, 2.24) is 10.4 Å². The predicted octanol–water partition coefficient (Wildman–Crippen LogP) is 4.79. The summed E-state index contributed by atoms with van der Waals surface area (Å²) in [5.74, 6) is 0.483.